The molecule has 0 atom stereocenters. The Morgan fingerprint density at radius 2 is 1.83 bits per heavy atom. The largest absolute Gasteiger partial charge is 0.477 e. The Balaban J connectivity index is 2.16. The fourth-order valence-corrected chi connectivity index (χ4v) is 1.86. The van der Waals surface area contributed by atoms with E-state index in [9.17, 15) is 9.59 Å². The number of carboxylic acid groups (broad SMARTS) is 1. The second kappa shape index (κ2) is 5.00. The van der Waals surface area contributed by atoms with Crippen molar-refractivity contribution in [2.75, 3.05) is 13.1 Å². The third-order valence-electron chi connectivity index (χ3n) is 2.95. The molecule has 1 saturated heterocycles. The number of aromatic nitrogens is 1. The van der Waals surface area contributed by atoms with Crippen LogP contribution in [0.15, 0.2) is 30.4 Å². The topological polar surface area (TPSA) is 70.5 Å². The van der Waals surface area contributed by atoms with Crippen molar-refractivity contribution in [3.63, 3.8) is 0 Å². The molecule has 1 aliphatic rings. The Morgan fingerprint density at radius 3 is 2.44 bits per heavy atom. The van der Waals surface area contributed by atoms with E-state index in [0.717, 1.165) is 18.4 Å². The van der Waals surface area contributed by atoms with E-state index in [-0.39, 0.29) is 17.3 Å². The fourth-order valence-electron chi connectivity index (χ4n) is 1.86. The molecule has 1 aromatic rings. The van der Waals surface area contributed by atoms with E-state index >= 15 is 0 Å². The number of aromatic carboxylic acids is 1. The number of pyridine rings is 1. The molecule has 1 amide bonds. The molecule has 18 heavy (non-hydrogen) atoms. The monoisotopic (exact) mass is 246 g/mol. The van der Waals surface area contributed by atoms with Crippen molar-refractivity contribution in [2.24, 2.45) is 0 Å². The van der Waals surface area contributed by atoms with Gasteiger partial charge in [0.05, 0.1) is 0 Å². The van der Waals surface area contributed by atoms with Crippen molar-refractivity contribution in [1.29, 1.82) is 0 Å². The van der Waals surface area contributed by atoms with Crippen LogP contribution in [0.3, 0.4) is 0 Å². The van der Waals surface area contributed by atoms with Crippen LogP contribution >= 0.6 is 0 Å². The Kier molecular flexibility index (Phi) is 3.41. The van der Waals surface area contributed by atoms with E-state index < -0.39 is 5.97 Å². The number of hydrogen-bond donors (Lipinski definition) is 1. The lowest BCUT2D eigenvalue weighted by Gasteiger charge is -2.27. The summed E-state index contributed by atoms with van der Waals surface area (Å²) in [5.41, 5.74) is 1.22. The summed E-state index contributed by atoms with van der Waals surface area (Å²) < 4.78 is 0. The van der Waals surface area contributed by atoms with Crippen LogP contribution in [0.5, 0.6) is 0 Å². The van der Waals surface area contributed by atoms with Gasteiger partial charge in [0.2, 0.25) is 0 Å². The van der Waals surface area contributed by atoms with Crippen molar-refractivity contribution >= 4 is 11.9 Å². The van der Waals surface area contributed by atoms with Crippen molar-refractivity contribution in [3.05, 3.63) is 41.7 Å². The van der Waals surface area contributed by atoms with Crippen LogP contribution in [0.2, 0.25) is 0 Å². The molecule has 0 bridgehead atoms. The summed E-state index contributed by atoms with van der Waals surface area (Å²) in [6.45, 7) is 5.13. The van der Waals surface area contributed by atoms with Gasteiger partial charge in [0, 0.05) is 13.1 Å². The van der Waals surface area contributed by atoms with E-state index in [1.54, 1.807) is 4.90 Å². The van der Waals surface area contributed by atoms with E-state index in [4.69, 9.17) is 5.11 Å². The van der Waals surface area contributed by atoms with Gasteiger partial charge in [0.15, 0.2) is 0 Å². The lowest BCUT2D eigenvalue weighted by atomic mass is 10.1. The standard InChI is InChI=1S/C13H14N2O3/c1-9-5-7-15(8-6-9)12(16)10-3-2-4-11(14-10)13(17)18/h2-4H,1,5-8H2,(H,17,18). The molecule has 1 aliphatic heterocycles. The zero-order valence-corrected chi connectivity index (χ0v) is 9.93. The van der Waals surface area contributed by atoms with Gasteiger partial charge in [-0.2, -0.15) is 0 Å². The Morgan fingerprint density at radius 1 is 1.22 bits per heavy atom. The summed E-state index contributed by atoms with van der Waals surface area (Å²) in [5, 5.41) is 8.84. The molecule has 5 heteroatoms. The Hall–Kier alpha value is -2.17. The molecular formula is C13H14N2O3. The molecule has 2 heterocycles. The SMILES string of the molecule is C=C1CCN(C(=O)c2cccc(C(=O)O)n2)CC1. The van der Waals surface area contributed by atoms with Gasteiger partial charge in [0.25, 0.3) is 5.91 Å². The van der Waals surface area contributed by atoms with E-state index in [2.05, 4.69) is 11.6 Å². The van der Waals surface area contributed by atoms with Gasteiger partial charge in [-0.05, 0) is 25.0 Å². The number of carbonyl (C=O) groups excluding carboxylic acids is 1. The van der Waals surface area contributed by atoms with Crippen LogP contribution in [-0.4, -0.2) is 40.0 Å². The molecule has 5 nitrogen and oxygen atoms in total. The molecule has 1 fully saturated rings. The minimum absolute atomic E-state index is 0.109. The second-order valence-corrected chi connectivity index (χ2v) is 4.26. The zero-order valence-electron chi connectivity index (χ0n) is 9.93. The molecule has 0 radical (unpaired) electrons. The second-order valence-electron chi connectivity index (χ2n) is 4.26. The first-order chi connectivity index (χ1) is 8.58. The average molecular weight is 246 g/mol. The predicted molar refractivity (Wildman–Crippen MR) is 65.5 cm³/mol. The number of piperidine rings is 1. The van der Waals surface area contributed by atoms with Gasteiger partial charge < -0.3 is 10.0 Å². The number of rotatable bonds is 2. The lowest BCUT2D eigenvalue weighted by molar-refractivity contribution is 0.0689. The molecular weight excluding hydrogens is 232 g/mol. The van der Waals surface area contributed by atoms with Crippen molar-refractivity contribution in [1.82, 2.24) is 9.88 Å². The Labute approximate surface area is 105 Å². The first-order valence-electron chi connectivity index (χ1n) is 5.74. The molecule has 0 unspecified atom stereocenters. The number of nitrogens with zero attached hydrogens (tertiary/aromatic N) is 2. The highest BCUT2D eigenvalue weighted by Gasteiger charge is 2.21. The third-order valence-corrected chi connectivity index (χ3v) is 2.95. The normalized spacial score (nSPS) is 15.6. The van der Waals surface area contributed by atoms with Crippen LogP contribution < -0.4 is 0 Å². The maximum atomic E-state index is 12.1. The van der Waals surface area contributed by atoms with Gasteiger partial charge in [-0.15, -0.1) is 0 Å². The number of carboxylic acids is 1. The highest BCUT2D eigenvalue weighted by molar-refractivity contribution is 5.94. The maximum absolute atomic E-state index is 12.1. The lowest BCUT2D eigenvalue weighted by Crippen LogP contribution is -2.36. The summed E-state index contributed by atoms with van der Waals surface area (Å²) in [7, 11) is 0. The summed E-state index contributed by atoms with van der Waals surface area (Å²) in [4.78, 5) is 28.5. The third kappa shape index (κ3) is 2.56. The first-order valence-corrected chi connectivity index (χ1v) is 5.74. The van der Waals surface area contributed by atoms with E-state index in [1.165, 1.54) is 18.2 Å². The van der Waals surface area contributed by atoms with Crippen molar-refractivity contribution in [3.8, 4) is 0 Å². The van der Waals surface area contributed by atoms with Crippen LogP contribution in [-0.2, 0) is 0 Å². The average Bonchev–Trinajstić information content (AvgIpc) is 2.39. The first kappa shape index (κ1) is 12.3. The minimum Gasteiger partial charge on any atom is -0.477 e. The molecule has 0 saturated carbocycles. The van der Waals surface area contributed by atoms with Crippen LogP contribution in [0.1, 0.15) is 33.8 Å². The number of carbonyl (C=O) groups is 2. The zero-order chi connectivity index (χ0) is 13.1. The highest BCUT2D eigenvalue weighted by Crippen LogP contribution is 2.16. The summed E-state index contributed by atoms with van der Waals surface area (Å²) in [6, 6.07) is 4.45. The molecule has 2 rings (SSSR count). The smallest absolute Gasteiger partial charge is 0.354 e. The van der Waals surface area contributed by atoms with Crippen LogP contribution in [0.25, 0.3) is 0 Å². The minimum atomic E-state index is -1.13. The molecule has 1 N–H and O–H groups in total. The van der Waals surface area contributed by atoms with Crippen molar-refractivity contribution < 1.29 is 14.7 Å². The van der Waals surface area contributed by atoms with Crippen LogP contribution in [0.4, 0.5) is 0 Å². The number of amides is 1. The van der Waals surface area contributed by atoms with Gasteiger partial charge in [-0.1, -0.05) is 18.2 Å². The van der Waals surface area contributed by atoms with Crippen LogP contribution in [0, 0.1) is 0 Å². The summed E-state index contributed by atoms with van der Waals surface area (Å²) >= 11 is 0. The predicted octanol–water partition coefficient (Wildman–Crippen LogP) is 1.57. The van der Waals surface area contributed by atoms with Gasteiger partial charge >= 0.3 is 5.97 Å². The summed E-state index contributed by atoms with van der Waals surface area (Å²) in [5.74, 6) is -1.35. The summed E-state index contributed by atoms with van der Waals surface area (Å²) in [6.07, 6.45) is 1.59. The van der Waals surface area contributed by atoms with Crippen molar-refractivity contribution in [2.45, 2.75) is 12.8 Å². The molecule has 0 aliphatic carbocycles. The van der Waals surface area contributed by atoms with E-state index in [0.29, 0.717) is 13.1 Å². The highest BCUT2D eigenvalue weighted by atomic mass is 16.4. The fraction of sp³-hybridized carbons (Fsp3) is 0.308. The molecule has 94 valence electrons. The number of likely N-dealkylation sites (tertiary alicyclic amines) is 1. The van der Waals surface area contributed by atoms with Gasteiger partial charge in [0.1, 0.15) is 11.4 Å². The quantitative estimate of drug-likeness (QED) is 0.804. The van der Waals surface area contributed by atoms with Gasteiger partial charge in [-0.25, -0.2) is 9.78 Å². The molecule has 0 aromatic carbocycles. The maximum Gasteiger partial charge on any atom is 0.354 e. The molecule has 1 aromatic heterocycles. The number of hydrogen-bond acceptors (Lipinski definition) is 3. The Bertz CT molecular complexity index is 501. The molecule has 0 spiro atoms. The van der Waals surface area contributed by atoms with Gasteiger partial charge in [-0.3, -0.25) is 4.79 Å². The van der Waals surface area contributed by atoms with E-state index in [1.807, 2.05) is 0 Å².